The summed E-state index contributed by atoms with van der Waals surface area (Å²) in [6.07, 6.45) is -0.722. The quantitative estimate of drug-likeness (QED) is 0.814. The van der Waals surface area contributed by atoms with E-state index >= 15 is 0 Å². The molecule has 1 saturated heterocycles. The molecular weight excluding hydrogens is 278 g/mol. The van der Waals surface area contributed by atoms with Crippen LogP contribution in [0.4, 0.5) is 5.69 Å². The van der Waals surface area contributed by atoms with Gasteiger partial charge in [-0.1, -0.05) is 6.07 Å². The Morgan fingerprint density at radius 3 is 2.80 bits per heavy atom. The number of morpholine rings is 1. The Morgan fingerprint density at radius 1 is 1.45 bits per heavy atom. The second-order valence-corrected chi connectivity index (χ2v) is 6.65. The van der Waals surface area contributed by atoms with Gasteiger partial charge in [-0.3, -0.25) is 0 Å². The van der Waals surface area contributed by atoms with Crippen molar-refractivity contribution in [2.45, 2.75) is 24.8 Å². The molecule has 20 heavy (non-hydrogen) atoms. The molecule has 108 valence electrons. The summed E-state index contributed by atoms with van der Waals surface area (Å²) in [5.41, 5.74) is 7.45. The molecule has 0 spiro atoms. The van der Waals surface area contributed by atoms with Crippen molar-refractivity contribution < 1.29 is 13.2 Å². The number of hydrogen-bond donors (Lipinski definition) is 1. The lowest BCUT2D eigenvalue weighted by molar-refractivity contribution is 0.0311. The Bertz CT molecular complexity index is 664. The number of nitrogens with two attached hydrogens (primary N) is 1. The van der Waals surface area contributed by atoms with Crippen LogP contribution in [0.2, 0.25) is 0 Å². The topological polar surface area (TPSA) is 96.4 Å². The molecule has 1 aromatic carbocycles. The molecule has 1 aromatic rings. The lowest BCUT2D eigenvalue weighted by Gasteiger charge is -2.30. The molecule has 1 aliphatic rings. The van der Waals surface area contributed by atoms with Gasteiger partial charge in [-0.15, -0.1) is 0 Å². The van der Waals surface area contributed by atoms with Gasteiger partial charge >= 0.3 is 0 Å². The zero-order chi connectivity index (χ0) is 14.9. The van der Waals surface area contributed by atoms with Crippen LogP contribution >= 0.6 is 0 Å². The summed E-state index contributed by atoms with van der Waals surface area (Å²) in [6.45, 7) is 3.94. The molecule has 1 heterocycles. The summed E-state index contributed by atoms with van der Waals surface area (Å²) in [6, 6.07) is 5.33. The number of anilines is 1. The predicted octanol–water partition coefficient (Wildman–Crippen LogP) is 0.799. The molecule has 2 N–H and O–H groups in total. The van der Waals surface area contributed by atoms with Gasteiger partial charge < -0.3 is 10.5 Å². The van der Waals surface area contributed by atoms with E-state index in [1.807, 2.05) is 6.07 Å². The van der Waals surface area contributed by atoms with Crippen LogP contribution < -0.4 is 5.73 Å². The molecule has 6 nitrogen and oxygen atoms in total. The summed E-state index contributed by atoms with van der Waals surface area (Å²) in [5.74, 6) is 0. The Labute approximate surface area is 118 Å². The Kier molecular flexibility index (Phi) is 3.99. The average molecular weight is 295 g/mol. The minimum atomic E-state index is -3.67. The molecule has 0 saturated carbocycles. The normalized spacial score (nSPS) is 20.6. The maximum atomic E-state index is 12.7. The van der Waals surface area contributed by atoms with Crippen LogP contribution in [0.15, 0.2) is 17.0 Å². The first-order chi connectivity index (χ1) is 9.37. The highest BCUT2D eigenvalue weighted by molar-refractivity contribution is 7.89. The number of rotatable bonds is 2. The molecule has 0 aliphatic carbocycles. The molecule has 0 amide bonds. The molecule has 0 aromatic heterocycles. The van der Waals surface area contributed by atoms with Gasteiger partial charge in [0.1, 0.15) is 0 Å². The first-order valence-corrected chi connectivity index (χ1v) is 7.69. The van der Waals surface area contributed by atoms with Crippen molar-refractivity contribution in [2.24, 2.45) is 0 Å². The number of nitrogens with zero attached hydrogens (tertiary/aromatic N) is 2. The van der Waals surface area contributed by atoms with Crippen LogP contribution in [0.25, 0.3) is 0 Å². The largest absolute Gasteiger partial charge is 0.398 e. The number of hydrogen-bond acceptors (Lipinski definition) is 5. The van der Waals surface area contributed by atoms with E-state index < -0.39 is 16.1 Å². The van der Waals surface area contributed by atoms with Crippen LogP contribution in [0, 0.1) is 25.2 Å². The van der Waals surface area contributed by atoms with Gasteiger partial charge in [0, 0.05) is 12.2 Å². The number of aryl methyl sites for hydroxylation is 1. The van der Waals surface area contributed by atoms with E-state index in [0.717, 1.165) is 0 Å². The first kappa shape index (κ1) is 14.8. The van der Waals surface area contributed by atoms with Crippen molar-refractivity contribution in [1.29, 1.82) is 5.26 Å². The highest BCUT2D eigenvalue weighted by Gasteiger charge is 2.33. The second-order valence-electron chi connectivity index (χ2n) is 4.78. The van der Waals surface area contributed by atoms with E-state index in [0.29, 0.717) is 16.8 Å². The number of benzene rings is 1. The minimum absolute atomic E-state index is 0.0481. The highest BCUT2D eigenvalue weighted by atomic mass is 32.2. The number of sulfonamides is 1. The van der Waals surface area contributed by atoms with Crippen LogP contribution in [-0.2, 0) is 14.8 Å². The Morgan fingerprint density at radius 2 is 2.15 bits per heavy atom. The maximum absolute atomic E-state index is 12.7. The van der Waals surface area contributed by atoms with Crippen molar-refractivity contribution in [3.63, 3.8) is 0 Å². The summed E-state index contributed by atoms with van der Waals surface area (Å²) in [7, 11) is -3.67. The van der Waals surface area contributed by atoms with Crippen molar-refractivity contribution in [3.05, 3.63) is 23.3 Å². The number of nitriles is 1. The Hall–Kier alpha value is -1.62. The summed E-state index contributed by atoms with van der Waals surface area (Å²) >= 11 is 0. The first-order valence-electron chi connectivity index (χ1n) is 6.25. The molecule has 0 radical (unpaired) electrons. The van der Waals surface area contributed by atoms with E-state index in [1.165, 1.54) is 4.31 Å². The van der Waals surface area contributed by atoms with Crippen molar-refractivity contribution in [1.82, 2.24) is 4.31 Å². The third-order valence-corrected chi connectivity index (χ3v) is 5.57. The smallest absolute Gasteiger partial charge is 0.243 e. The molecule has 1 aliphatic heterocycles. The summed E-state index contributed by atoms with van der Waals surface area (Å²) < 4.78 is 32.0. The fraction of sp³-hybridized carbons (Fsp3) is 0.462. The molecule has 2 rings (SSSR count). The van der Waals surface area contributed by atoms with Crippen molar-refractivity contribution >= 4 is 15.7 Å². The Balaban J connectivity index is 2.46. The van der Waals surface area contributed by atoms with E-state index in [9.17, 15) is 8.42 Å². The van der Waals surface area contributed by atoms with Crippen LogP contribution in [0.3, 0.4) is 0 Å². The van der Waals surface area contributed by atoms with Crippen LogP contribution in [0.5, 0.6) is 0 Å². The lowest BCUT2D eigenvalue weighted by atomic mass is 10.1. The van der Waals surface area contributed by atoms with Gasteiger partial charge in [0.25, 0.3) is 0 Å². The molecule has 1 atom stereocenters. The fourth-order valence-corrected chi connectivity index (χ4v) is 4.17. The van der Waals surface area contributed by atoms with Gasteiger partial charge in [0.15, 0.2) is 6.10 Å². The lowest BCUT2D eigenvalue weighted by Crippen LogP contribution is -2.45. The monoisotopic (exact) mass is 295 g/mol. The van der Waals surface area contributed by atoms with Crippen molar-refractivity contribution in [2.75, 3.05) is 25.4 Å². The molecule has 0 bridgehead atoms. The molecule has 7 heteroatoms. The zero-order valence-corrected chi connectivity index (χ0v) is 12.3. The zero-order valence-electron chi connectivity index (χ0n) is 11.5. The molecule has 1 fully saturated rings. The fourth-order valence-electron chi connectivity index (χ4n) is 2.29. The van der Waals surface area contributed by atoms with Gasteiger partial charge in [0.2, 0.25) is 10.0 Å². The van der Waals surface area contributed by atoms with E-state index in [1.54, 1.807) is 26.0 Å². The summed E-state index contributed by atoms with van der Waals surface area (Å²) in [4.78, 5) is 0.232. The van der Waals surface area contributed by atoms with Gasteiger partial charge in [-0.2, -0.15) is 9.57 Å². The van der Waals surface area contributed by atoms with Gasteiger partial charge in [-0.25, -0.2) is 8.42 Å². The van der Waals surface area contributed by atoms with Gasteiger partial charge in [-0.05, 0) is 31.0 Å². The third-order valence-electron chi connectivity index (χ3n) is 3.42. The maximum Gasteiger partial charge on any atom is 0.243 e. The summed E-state index contributed by atoms with van der Waals surface area (Å²) in [5, 5.41) is 8.88. The molecule has 1 unspecified atom stereocenters. The minimum Gasteiger partial charge on any atom is -0.398 e. The van der Waals surface area contributed by atoms with Gasteiger partial charge in [0.05, 0.1) is 24.1 Å². The standard InChI is InChI=1S/C13H17N3O3S/c1-9-3-4-12(15)10(2)13(9)20(17,18)16-5-6-19-11(7-14)8-16/h3-4,11H,5-6,8,15H2,1-2H3. The van der Waals surface area contributed by atoms with Crippen molar-refractivity contribution in [3.8, 4) is 6.07 Å². The second kappa shape index (κ2) is 5.40. The SMILES string of the molecule is Cc1ccc(N)c(C)c1S(=O)(=O)N1CCOC(C#N)C1. The average Bonchev–Trinajstić information content (AvgIpc) is 2.43. The number of ether oxygens (including phenoxy) is 1. The highest BCUT2D eigenvalue weighted by Crippen LogP contribution is 2.28. The van der Waals surface area contributed by atoms with E-state index in [-0.39, 0.29) is 24.6 Å². The predicted molar refractivity (Wildman–Crippen MR) is 74.4 cm³/mol. The van der Waals surface area contributed by atoms with E-state index in [4.69, 9.17) is 15.7 Å². The van der Waals surface area contributed by atoms with E-state index in [2.05, 4.69) is 0 Å². The third kappa shape index (κ3) is 2.50. The number of nitrogen functional groups attached to an aromatic ring is 1. The van der Waals surface area contributed by atoms with Crippen LogP contribution in [-0.4, -0.2) is 38.5 Å². The van der Waals surface area contributed by atoms with Crippen LogP contribution in [0.1, 0.15) is 11.1 Å². The molecular formula is C13H17N3O3S.